The Morgan fingerprint density at radius 1 is 1.11 bits per heavy atom. The molecule has 0 spiro atoms. The Morgan fingerprint density at radius 2 is 1.81 bits per heavy atom. The molecule has 2 rings (SSSR count). The topological polar surface area (TPSA) is 43.7 Å². The van der Waals surface area contributed by atoms with Crippen LogP contribution in [0.2, 0.25) is 0 Å². The van der Waals surface area contributed by atoms with E-state index in [1.54, 1.807) is 0 Å². The number of hydrogen-bond acceptors (Lipinski definition) is 4. The van der Waals surface area contributed by atoms with Gasteiger partial charge in [-0.15, -0.1) is 0 Å². The maximum absolute atomic E-state index is 10.9. The Hall–Kier alpha value is -1.26. The van der Waals surface area contributed by atoms with E-state index in [0.717, 1.165) is 43.2 Å². The van der Waals surface area contributed by atoms with Crippen LogP contribution in [-0.2, 0) is 15.6 Å². The van der Waals surface area contributed by atoms with E-state index in [2.05, 4.69) is 56.1 Å². The lowest BCUT2D eigenvalue weighted by molar-refractivity contribution is 0.112. The summed E-state index contributed by atoms with van der Waals surface area (Å²) in [5, 5.41) is 1.10. The highest BCUT2D eigenvalue weighted by molar-refractivity contribution is 7.44. The van der Waals surface area contributed by atoms with Gasteiger partial charge in [-0.1, -0.05) is 6.92 Å². The number of aldehydes is 1. The Labute approximate surface area is 164 Å². The molecule has 0 saturated heterocycles. The third-order valence-electron chi connectivity index (χ3n) is 4.33. The van der Waals surface area contributed by atoms with E-state index in [9.17, 15) is 4.79 Å². The third-order valence-corrected chi connectivity index (χ3v) is 6.44. The van der Waals surface area contributed by atoms with Gasteiger partial charge in [0.1, 0.15) is 6.29 Å². The van der Waals surface area contributed by atoms with Gasteiger partial charge >= 0.3 is 0 Å². The maximum atomic E-state index is 10.9. The molecule has 1 aromatic heterocycles. The zero-order chi connectivity index (χ0) is 19.8. The van der Waals surface area contributed by atoms with Gasteiger partial charge in [0.25, 0.3) is 8.53 Å². The van der Waals surface area contributed by atoms with E-state index in [1.165, 1.54) is 0 Å². The number of carbonyl (C=O) groups excluding carboxylic acids is 1. The lowest BCUT2D eigenvalue weighted by Crippen LogP contribution is -2.33. The number of aromatic nitrogens is 1. The summed E-state index contributed by atoms with van der Waals surface area (Å²) < 4.78 is 16.8. The molecule has 6 heteroatoms. The maximum Gasteiger partial charge on any atom is 0.259 e. The summed E-state index contributed by atoms with van der Waals surface area (Å²) in [7, 11) is -1.03. The van der Waals surface area contributed by atoms with Gasteiger partial charge in [0.15, 0.2) is 0 Å². The second-order valence-corrected chi connectivity index (χ2v) is 8.72. The number of aryl methyl sites for hydroxylation is 1. The largest absolute Gasteiger partial charge is 0.347 e. The molecule has 27 heavy (non-hydrogen) atoms. The van der Waals surface area contributed by atoms with Gasteiger partial charge in [-0.05, 0) is 64.8 Å². The van der Waals surface area contributed by atoms with Crippen molar-refractivity contribution >= 4 is 25.7 Å². The number of hydrogen-bond donors (Lipinski definition) is 0. The van der Waals surface area contributed by atoms with Gasteiger partial charge in [-0.25, -0.2) is 4.67 Å². The monoisotopic (exact) mass is 392 g/mol. The minimum absolute atomic E-state index is 0.383. The van der Waals surface area contributed by atoms with E-state index in [1.807, 2.05) is 18.2 Å². The van der Waals surface area contributed by atoms with Crippen molar-refractivity contribution < 1.29 is 13.8 Å². The molecule has 0 aliphatic rings. The van der Waals surface area contributed by atoms with E-state index in [0.29, 0.717) is 24.3 Å². The van der Waals surface area contributed by atoms with Crippen LogP contribution >= 0.6 is 8.53 Å². The number of carbonyl (C=O) groups is 1. The van der Waals surface area contributed by atoms with Crippen molar-refractivity contribution in [3.63, 3.8) is 0 Å². The molecule has 0 bridgehead atoms. The van der Waals surface area contributed by atoms with Gasteiger partial charge in [0.05, 0.1) is 13.2 Å². The van der Waals surface area contributed by atoms with Crippen molar-refractivity contribution in [1.29, 1.82) is 0 Å². The summed E-state index contributed by atoms with van der Waals surface area (Å²) in [5.41, 5.74) is 1.86. The van der Waals surface area contributed by atoms with Gasteiger partial charge in [0.2, 0.25) is 0 Å². The van der Waals surface area contributed by atoms with Crippen LogP contribution in [0.4, 0.5) is 0 Å². The van der Waals surface area contributed by atoms with E-state index in [-0.39, 0.29) is 0 Å². The van der Waals surface area contributed by atoms with Crippen LogP contribution in [0.5, 0.6) is 0 Å². The molecule has 0 aliphatic carbocycles. The van der Waals surface area contributed by atoms with E-state index < -0.39 is 8.53 Å². The van der Waals surface area contributed by atoms with Crippen molar-refractivity contribution in [1.82, 2.24) is 9.24 Å². The van der Waals surface area contributed by atoms with Crippen molar-refractivity contribution in [2.24, 2.45) is 0 Å². The molecule has 5 nitrogen and oxygen atoms in total. The lowest BCUT2D eigenvalue weighted by Gasteiger charge is -2.35. The van der Waals surface area contributed by atoms with Gasteiger partial charge in [-0.3, -0.25) is 4.79 Å². The van der Waals surface area contributed by atoms with Crippen molar-refractivity contribution in [2.75, 3.05) is 13.2 Å². The molecule has 0 N–H and O–H groups in total. The smallest absolute Gasteiger partial charge is 0.259 e. The number of fused-ring (bicyclic) bond motifs is 1. The first-order valence-electron chi connectivity index (χ1n) is 9.86. The number of nitrogens with zero attached hydrogens (tertiary/aromatic N) is 2. The van der Waals surface area contributed by atoms with Gasteiger partial charge in [-0.2, -0.15) is 0 Å². The first-order valence-corrected chi connectivity index (χ1v) is 11.0. The highest BCUT2D eigenvalue weighted by Gasteiger charge is 2.26. The van der Waals surface area contributed by atoms with Crippen molar-refractivity contribution in [2.45, 2.75) is 66.1 Å². The predicted molar refractivity (Wildman–Crippen MR) is 113 cm³/mol. The van der Waals surface area contributed by atoms with Crippen LogP contribution in [0.15, 0.2) is 30.5 Å². The van der Waals surface area contributed by atoms with Crippen molar-refractivity contribution in [3.8, 4) is 0 Å². The zero-order valence-electron chi connectivity index (χ0n) is 17.2. The fraction of sp³-hybridized carbons (Fsp3) is 0.571. The molecule has 1 aromatic carbocycles. The molecule has 0 saturated carbocycles. The normalized spacial score (nSPS) is 13.2. The fourth-order valence-corrected chi connectivity index (χ4v) is 4.90. The number of rotatable bonds is 12. The first kappa shape index (κ1) is 22.0. The van der Waals surface area contributed by atoms with Crippen LogP contribution < -0.4 is 0 Å². The molecule has 0 amide bonds. The molecule has 150 valence electrons. The minimum atomic E-state index is -1.03. The minimum Gasteiger partial charge on any atom is -0.347 e. The zero-order valence-corrected chi connectivity index (χ0v) is 18.1. The van der Waals surface area contributed by atoms with Crippen molar-refractivity contribution in [3.05, 3.63) is 36.0 Å². The molecular formula is C21H33N2O3P. The molecule has 2 aromatic rings. The average molecular weight is 392 g/mol. The molecule has 0 fully saturated rings. The third kappa shape index (κ3) is 6.11. The summed E-state index contributed by atoms with van der Waals surface area (Å²) in [6, 6.07) is 8.62. The standard InChI is InChI=1S/C21H33N2O3P/c1-6-13-25-27(23(17(2)3)18(4)5)26-14-7-11-22-12-10-20-15-19(16-24)8-9-21(20)22/h8-10,12,15-18H,6-7,11,13-14H2,1-5H3. The summed E-state index contributed by atoms with van der Waals surface area (Å²) in [6.07, 6.45) is 4.87. The molecule has 1 atom stereocenters. The highest BCUT2D eigenvalue weighted by Crippen LogP contribution is 2.46. The summed E-state index contributed by atoms with van der Waals surface area (Å²) >= 11 is 0. The molecule has 1 heterocycles. The Morgan fingerprint density at radius 3 is 2.44 bits per heavy atom. The number of benzene rings is 1. The predicted octanol–water partition coefficient (Wildman–Crippen LogP) is 5.63. The second-order valence-electron chi connectivity index (χ2n) is 7.27. The highest BCUT2D eigenvalue weighted by atomic mass is 31.2. The molecule has 0 radical (unpaired) electrons. The Balaban J connectivity index is 1.93. The molecule has 0 aliphatic heterocycles. The average Bonchev–Trinajstić information content (AvgIpc) is 3.04. The quantitative estimate of drug-likeness (QED) is 0.267. The van der Waals surface area contributed by atoms with Gasteiger partial charge < -0.3 is 13.6 Å². The summed E-state index contributed by atoms with van der Waals surface area (Å²) in [4.78, 5) is 10.9. The van der Waals surface area contributed by atoms with Gasteiger partial charge in [0, 0.05) is 41.3 Å². The van der Waals surface area contributed by atoms with E-state index >= 15 is 0 Å². The van der Waals surface area contributed by atoms with Crippen LogP contribution in [-0.4, -0.2) is 40.8 Å². The second kappa shape index (κ2) is 10.9. The summed E-state index contributed by atoms with van der Waals surface area (Å²) in [5.74, 6) is 0. The van der Waals surface area contributed by atoms with Crippen LogP contribution in [0.3, 0.4) is 0 Å². The first-order chi connectivity index (χ1) is 13.0. The fourth-order valence-electron chi connectivity index (χ4n) is 3.18. The lowest BCUT2D eigenvalue weighted by atomic mass is 10.2. The Bertz CT molecular complexity index is 707. The summed E-state index contributed by atoms with van der Waals surface area (Å²) in [6.45, 7) is 13.1. The SMILES string of the molecule is CCCOP(OCCCn1ccc2cc(C=O)ccc21)N(C(C)C)C(C)C. The molecule has 1 unspecified atom stereocenters. The van der Waals surface area contributed by atoms with E-state index in [4.69, 9.17) is 9.05 Å². The van der Waals surface area contributed by atoms with Crippen LogP contribution in [0, 0.1) is 0 Å². The van der Waals surface area contributed by atoms with Crippen LogP contribution in [0.25, 0.3) is 10.9 Å². The Kier molecular flexibility index (Phi) is 8.91. The molecular weight excluding hydrogens is 359 g/mol. The van der Waals surface area contributed by atoms with Crippen LogP contribution in [0.1, 0.15) is 57.8 Å².